The molecule has 2 atom stereocenters. The van der Waals surface area contributed by atoms with Crippen LogP contribution in [0.2, 0.25) is 0 Å². The number of carbonyl (C=O) groups is 2. The van der Waals surface area contributed by atoms with Gasteiger partial charge in [-0.15, -0.1) is 0 Å². The highest BCUT2D eigenvalue weighted by molar-refractivity contribution is 7.45. The van der Waals surface area contributed by atoms with Gasteiger partial charge in [0.25, 0.3) is 7.82 Å². The van der Waals surface area contributed by atoms with Crippen LogP contribution in [-0.2, 0) is 32.7 Å². The van der Waals surface area contributed by atoms with Crippen molar-refractivity contribution in [3.63, 3.8) is 0 Å². The van der Waals surface area contributed by atoms with Crippen LogP contribution in [0.5, 0.6) is 0 Å². The van der Waals surface area contributed by atoms with Crippen molar-refractivity contribution in [3.8, 4) is 0 Å². The molecule has 0 saturated carbocycles. The highest BCUT2D eigenvalue weighted by Crippen LogP contribution is 2.38. The van der Waals surface area contributed by atoms with E-state index in [0.717, 1.165) is 19.3 Å². The van der Waals surface area contributed by atoms with Gasteiger partial charge in [-0.3, -0.25) is 9.36 Å². The average Bonchev–Trinajstić information content (AvgIpc) is 3.09. The molecule has 0 aliphatic heterocycles. The van der Waals surface area contributed by atoms with Gasteiger partial charge in [0.2, 0.25) is 0 Å². The predicted molar refractivity (Wildman–Crippen MR) is 213 cm³/mol. The standard InChI is InChI=1S/C42H76NO8P/c1-6-8-10-12-14-16-18-20-21-23-25-27-29-31-33-35-42(45)51-40(39-50-52(46,47)49-37-36-43(3,4)5)38-48-41(44)34-32-30-28-26-24-22-19-17-15-13-11-9-7-2/h21,23,25,27,29,31,33,35,40H,6-20,22,24,26,28,30,32,34,36-39H2,1-5H3/b23-21-,27-25+,31-29?,35-33?/t40-/m1/s1. The fourth-order valence-electron chi connectivity index (χ4n) is 5.29. The molecule has 0 aliphatic rings. The first-order chi connectivity index (χ1) is 25.0. The summed E-state index contributed by atoms with van der Waals surface area (Å²) in [7, 11) is 1.08. The molecule has 0 aromatic heterocycles. The van der Waals surface area contributed by atoms with E-state index in [0.29, 0.717) is 17.4 Å². The number of hydrogen-bond acceptors (Lipinski definition) is 8. The molecule has 0 aliphatic carbocycles. The minimum atomic E-state index is -4.65. The molecular formula is C42H76NO8P. The van der Waals surface area contributed by atoms with Gasteiger partial charge in [0.05, 0.1) is 27.7 Å². The Morgan fingerprint density at radius 1 is 0.635 bits per heavy atom. The summed E-state index contributed by atoms with van der Waals surface area (Å²) in [6, 6.07) is 0. The Kier molecular flexibility index (Phi) is 33.4. The zero-order chi connectivity index (χ0) is 38.6. The molecule has 0 N–H and O–H groups in total. The number of quaternary nitrogens is 1. The van der Waals surface area contributed by atoms with Crippen LogP contribution < -0.4 is 4.89 Å². The van der Waals surface area contributed by atoms with Crippen LogP contribution in [0.25, 0.3) is 0 Å². The number of likely N-dealkylation sites (N-methyl/N-ethyl adjacent to an activating group) is 1. The van der Waals surface area contributed by atoms with Gasteiger partial charge < -0.3 is 27.9 Å². The summed E-state index contributed by atoms with van der Waals surface area (Å²) < 4.78 is 33.5. The molecule has 52 heavy (non-hydrogen) atoms. The van der Waals surface area contributed by atoms with E-state index in [4.69, 9.17) is 18.5 Å². The summed E-state index contributed by atoms with van der Waals surface area (Å²) in [4.78, 5) is 37.2. The average molecular weight is 754 g/mol. The van der Waals surface area contributed by atoms with E-state index in [1.165, 1.54) is 121 Å². The molecule has 9 nitrogen and oxygen atoms in total. The third kappa shape index (κ3) is 37.7. The highest BCUT2D eigenvalue weighted by atomic mass is 31.2. The lowest BCUT2D eigenvalue weighted by atomic mass is 10.0. The molecule has 0 saturated heterocycles. The number of unbranched alkanes of at least 4 members (excludes halogenated alkanes) is 19. The van der Waals surface area contributed by atoms with Crippen LogP contribution in [0.15, 0.2) is 48.6 Å². The third-order valence-corrected chi connectivity index (χ3v) is 9.49. The summed E-state index contributed by atoms with van der Waals surface area (Å²) in [6.45, 7) is 4.03. The second-order valence-corrected chi connectivity index (χ2v) is 16.2. The number of nitrogens with zero attached hydrogens (tertiary/aromatic N) is 1. The Bertz CT molecular complexity index is 1030. The van der Waals surface area contributed by atoms with Crippen molar-refractivity contribution in [1.29, 1.82) is 0 Å². The number of allylic oxidation sites excluding steroid dienone is 7. The van der Waals surface area contributed by atoms with Crippen molar-refractivity contribution in [2.45, 2.75) is 161 Å². The van der Waals surface area contributed by atoms with Gasteiger partial charge >= 0.3 is 11.9 Å². The van der Waals surface area contributed by atoms with E-state index < -0.39 is 32.5 Å². The lowest BCUT2D eigenvalue weighted by Crippen LogP contribution is -2.37. The molecule has 0 heterocycles. The van der Waals surface area contributed by atoms with E-state index in [1.807, 2.05) is 39.4 Å². The SMILES string of the molecule is CCCCCCCCC/C=C\C=C\C=CC=CC(=O)O[C@H](COC(=O)CCCCCCCCCCCCCCC)COP(=O)([O-])OCC[N+](C)(C)C. The van der Waals surface area contributed by atoms with E-state index in [-0.39, 0.29) is 19.6 Å². The highest BCUT2D eigenvalue weighted by Gasteiger charge is 2.21. The third-order valence-electron chi connectivity index (χ3n) is 8.53. The zero-order valence-electron chi connectivity index (χ0n) is 33.7. The van der Waals surface area contributed by atoms with Crippen molar-refractivity contribution in [2.24, 2.45) is 0 Å². The molecule has 1 unspecified atom stereocenters. The van der Waals surface area contributed by atoms with Gasteiger partial charge in [-0.1, -0.05) is 172 Å². The fraction of sp³-hybridized carbons (Fsp3) is 0.762. The molecule has 0 bridgehead atoms. The molecular weight excluding hydrogens is 677 g/mol. The Morgan fingerprint density at radius 2 is 1.12 bits per heavy atom. The first kappa shape index (κ1) is 50.0. The minimum absolute atomic E-state index is 0.0542. The van der Waals surface area contributed by atoms with Crippen LogP contribution in [0.3, 0.4) is 0 Å². The number of carbonyl (C=O) groups excluding carboxylic acids is 2. The molecule has 0 fully saturated rings. The van der Waals surface area contributed by atoms with Gasteiger partial charge in [0, 0.05) is 12.5 Å². The summed E-state index contributed by atoms with van der Waals surface area (Å²) in [5, 5.41) is 0. The molecule has 0 aromatic rings. The minimum Gasteiger partial charge on any atom is -0.756 e. The van der Waals surface area contributed by atoms with E-state index in [1.54, 1.807) is 12.2 Å². The number of phosphoric acid groups is 1. The molecule has 0 spiro atoms. The fourth-order valence-corrected chi connectivity index (χ4v) is 6.02. The second-order valence-electron chi connectivity index (χ2n) is 14.8. The monoisotopic (exact) mass is 754 g/mol. The number of hydrogen-bond donors (Lipinski definition) is 0. The molecule has 0 radical (unpaired) electrons. The van der Waals surface area contributed by atoms with Crippen molar-refractivity contribution >= 4 is 19.8 Å². The quantitative estimate of drug-likeness (QED) is 0.0155. The topological polar surface area (TPSA) is 111 Å². The summed E-state index contributed by atoms with van der Waals surface area (Å²) in [6.07, 6.45) is 39.2. The zero-order valence-corrected chi connectivity index (χ0v) is 34.6. The normalized spacial score (nSPS) is 14.2. The molecule has 302 valence electrons. The van der Waals surface area contributed by atoms with Gasteiger partial charge in [-0.2, -0.15) is 0 Å². The lowest BCUT2D eigenvalue weighted by molar-refractivity contribution is -0.870. The molecule has 0 amide bonds. The van der Waals surface area contributed by atoms with Crippen LogP contribution >= 0.6 is 7.82 Å². The van der Waals surface area contributed by atoms with Crippen LogP contribution in [0.1, 0.15) is 155 Å². The van der Waals surface area contributed by atoms with Crippen molar-refractivity contribution < 1.29 is 42.1 Å². The Hall–Kier alpha value is -2.03. The van der Waals surface area contributed by atoms with Crippen LogP contribution in [-0.4, -0.2) is 70.0 Å². The van der Waals surface area contributed by atoms with Gasteiger partial charge in [-0.25, -0.2) is 4.79 Å². The number of esters is 2. The maximum absolute atomic E-state index is 12.5. The van der Waals surface area contributed by atoms with Crippen LogP contribution in [0.4, 0.5) is 0 Å². The Labute approximate surface area is 318 Å². The van der Waals surface area contributed by atoms with Crippen molar-refractivity contribution in [2.75, 3.05) is 47.5 Å². The molecule has 0 aromatic carbocycles. The van der Waals surface area contributed by atoms with Crippen molar-refractivity contribution in [1.82, 2.24) is 0 Å². The van der Waals surface area contributed by atoms with E-state index in [2.05, 4.69) is 19.9 Å². The number of ether oxygens (including phenoxy) is 2. The van der Waals surface area contributed by atoms with Crippen molar-refractivity contribution in [3.05, 3.63) is 48.6 Å². The number of phosphoric ester groups is 1. The first-order valence-electron chi connectivity index (χ1n) is 20.4. The van der Waals surface area contributed by atoms with Crippen LogP contribution in [0, 0.1) is 0 Å². The molecule has 0 rings (SSSR count). The predicted octanol–water partition coefficient (Wildman–Crippen LogP) is 10.5. The number of rotatable bonds is 36. The lowest BCUT2D eigenvalue weighted by Gasteiger charge is -2.28. The Morgan fingerprint density at radius 3 is 1.65 bits per heavy atom. The van der Waals surface area contributed by atoms with Gasteiger partial charge in [-0.05, 0) is 19.3 Å². The smallest absolute Gasteiger partial charge is 0.331 e. The maximum Gasteiger partial charge on any atom is 0.331 e. The summed E-state index contributed by atoms with van der Waals surface area (Å²) in [5.41, 5.74) is 0. The maximum atomic E-state index is 12.5. The summed E-state index contributed by atoms with van der Waals surface area (Å²) >= 11 is 0. The second kappa shape index (κ2) is 34.7. The van der Waals surface area contributed by atoms with E-state index in [9.17, 15) is 19.0 Å². The Balaban J connectivity index is 4.61. The van der Waals surface area contributed by atoms with Gasteiger partial charge in [0.1, 0.15) is 19.8 Å². The first-order valence-corrected chi connectivity index (χ1v) is 21.9. The van der Waals surface area contributed by atoms with E-state index >= 15 is 0 Å². The van der Waals surface area contributed by atoms with Gasteiger partial charge in [0.15, 0.2) is 6.10 Å². The molecule has 10 heteroatoms. The largest absolute Gasteiger partial charge is 0.756 e. The summed E-state index contributed by atoms with van der Waals surface area (Å²) in [5.74, 6) is -1.13.